The summed E-state index contributed by atoms with van der Waals surface area (Å²) in [5.41, 5.74) is 0. The first-order valence-electron chi connectivity index (χ1n) is 6.49. The number of carboxylic acids is 2. The third-order valence-corrected chi connectivity index (χ3v) is 2.96. The molecule has 0 spiro atoms. The molecule has 0 aliphatic rings. The molecule has 0 aliphatic carbocycles. The van der Waals surface area contributed by atoms with Crippen LogP contribution in [0.3, 0.4) is 0 Å². The first-order chi connectivity index (χ1) is 9.37. The minimum absolute atomic E-state index is 0.0671. The lowest BCUT2D eigenvalue weighted by molar-refractivity contribution is -0.145. The Morgan fingerprint density at radius 2 is 1.70 bits per heavy atom. The molecule has 0 bridgehead atoms. The Kier molecular flexibility index (Phi) is 8.30. The number of aliphatic hydroxyl groups excluding tert-OH is 1. The molecule has 0 fully saturated rings. The lowest BCUT2D eigenvalue weighted by Crippen LogP contribution is -2.52. The molecule has 0 aromatic rings. The molecule has 2 amide bonds. The van der Waals surface area contributed by atoms with E-state index in [4.69, 9.17) is 15.3 Å². The molecule has 116 valence electrons. The number of hydrogen-bond donors (Lipinski definition) is 4. The lowest BCUT2D eigenvalue weighted by Gasteiger charge is -2.31. The number of carbonyl (C=O) groups excluding carboxylic acids is 1. The average Bonchev–Trinajstić information content (AvgIpc) is 2.37. The quantitative estimate of drug-likeness (QED) is 0.477. The second-order valence-corrected chi connectivity index (χ2v) is 4.33. The topological polar surface area (TPSA) is 127 Å². The normalized spacial score (nSPS) is 12.0. The Balaban J connectivity index is 4.87. The minimum Gasteiger partial charge on any atom is -0.481 e. The zero-order valence-corrected chi connectivity index (χ0v) is 11.7. The van der Waals surface area contributed by atoms with E-state index in [1.165, 1.54) is 4.90 Å². The molecule has 0 aromatic carbocycles. The number of amides is 2. The van der Waals surface area contributed by atoms with Gasteiger partial charge in [-0.05, 0) is 12.8 Å². The maximum atomic E-state index is 12.0. The van der Waals surface area contributed by atoms with Crippen LogP contribution in [0.15, 0.2) is 0 Å². The van der Waals surface area contributed by atoms with Gasteiger partial charge in [-0.15, -0.1) is 0 Å². The number of urea groups is 1. The van der Waals surface area contributed by atoms with Crippen LogP contribution in [0.2, 0.25) is 0 Å². The summed E-state index contributed by atoms with van der Waals surface area (Å²) in [4.78, 5) is 34.9. The van der Waals surface area contributed by atoms with Gasteiger partial charge in [-0.3, -0.25) is 4.79 Å². The van der Waals surface area contributed by atoms with E-state index < -0.39 is 30.4 Å². The summed E-state index contributed by atoms with van der Waals surface area (Å²) in [6.07, 6.45) is 0.609. The molecule has 8 nitrogen and oxygen atoms in total. The van der Waals surface area contributed by atoms with Gasteiger partial charge in [0.05, 0.1) is 13.0 Å². The van der Waals surface area contributed by atoms with Crippen molar-refractivity contribution in [3.05, 3.63) is 0 Å². The van der Waals surface area contributed by atoms with Gasteiger partial charge in [-0.1, -0.05) is 13.8 Å². The summed E-state index contributed by atoms with van der Waals surface area (Å²) in [5.74, 6) is -2.72. The average molecular weight is 290 g/mol. The van der Waals surface area contributed by atoms with Crippen molar-refractivity contribution in [1.82, 2.24) is 10.2 Å². The molecule has 0 rings (SSSR count). The SMILES string of the molecule is CCC(CC)N(CCO)C(=O)NC(CC(=O)O)C(=O)O. The summed E-state index contributed by atoms with van der Waals surface area (Å²) >= 11 is 0. The molecule has 0 saturated carbocycles. The molecule has 1 atom stereocenters. The van der Waals surface area contributed by atoms with Crippen LogP contribution in [0, 0.1) is 0 Å². The lowest BCUT2D eigenvalue weighted by atomic mass is 10.1. The Morgan fingerprint density at radius 1 is 1.15 bits per heavy atom. The molecule has 8 heteroatoms. The highest BCUT2D eigenvalue weighted by Gasteiger charge is 2.27. The van der Waals surface area contributed by atoms with Crippen LogP contribution >= 0.6 is 0 Å². The van der Waals surface area contributed by atoms with Gasteiger partial charge in [-0.25, -0.2) is 9.59 Å². The van der Waals surface area contributed by atoms with E-state index >= 15 is 0 Å². The minimum atomic E-state index is -1.49. The molecular weight excluding hydrogens is 268 g/mol. The number of nitrogens with zero attached hydrogens (tertiary/aromatic N) is 1. The van der Waals surface area contributed by atoms with E-state index in [1.54, 1.807) is 0 Å². The molecule has 0 heterocycles. The van der Waals surface area contributed by atoms with Crippen molar-refractivity contribution in [2.24, 2.45) is 0 Å². The first-order valence-corrected chi connectivity index (χ1v) is 6.49. The third kappa shape index (κ3) is 5.87. The second-order valence-electron chi connectivity index (χ2n) is 4.33. The van der Waals surface area contributed by atoms with Crippen LogP contribution in [0.4, 0.5) is 4.79 Å². The monoisotopic (exact) mass is 290 g/mol. The number of hydrogen-bond acceptors (Lipinski definition) is 4. The number of carboxylic acid groups (broad SMARTS) is 2. The fraction of sp³-hybridized carbons (Fsp3) is 0.750. The van der Waals surface area contributed by atoms with Crippen LogP contribution in [0.1, 0.15) is 33.1 Å². The predicted octanol–water partition coefficient (Wildman–Crippen LogP) is 0.107. The van der Waals surface area contributed by atoms with E-state index in [0.717, 1.165) is 0 Å². The van der Waals surface area contributed by atoms with Crippen molar-refractivity contribution in [1.29, 1.82) is 0 Å². The van der Waals surface area contributed by atoms with E-state index in [2.05, 4.69) is 5.32 Å². The molecular formula is C12H22N2O6. The highest BCUT2D eigenvalue weighted by Crippen LogP contribution is 2.09. The fourth-order valence-corrected chi connectivity index (χ4v) is 1.89. The van der Waals surface area contributed by atoms with Gasteiger partial charge in [0.15, 0.2) is 0 Å². The highest BCUT2D eigenvalue weighted by atomic mass is 16.4. The van der Waals surface area contributed by atoms with Gasteiger partial charge in [0.2, 0.25) is 0 Å². The van der Waals surface area contributed by atoms with Crippen molar-refractivity contribution in [2.45, 2.75) is 45.2 Å². The van der Waals surface area contributed by atoms with Gasteiger partial charge >= 0.3 is 18.0 Å². The van der Waals surface area contributed by atoms with Gasteiger partial charge in [0.25, 0.3) is 0 Å². The Hall–Kier alpha value is -1.83. The van der Waals surface area contributed by atoms with Crippen molar-refractivity contribution in [2.75, 3.05) is 13.2 Å². The van der Waals surface area contributed by atoms with Crippen LogP contribution < -0.4 is 5.32 Å². The zero-order valence-electron chi connectivity index (χ0n) is 11.7. The Labute approximate surface area is 117 Å². The van der Waals surface area contributed by atoms with Crippen molar-refractivity contribution >= 4 is 18.0 Å². The molecule has 4 N–H and O–H groups in total. The molecule has 0 saturated heterocycles. The van der Waals surface area contributed by atoms with Gasteiger partial charge in [0, 0.05) is 12.6 Å². The molecule has 1 unspecified atom stereocenters. The van der Waals surface area contributed by atoms with E-state index in [-0.39, 0.29) is 19.2 Å². The van der Waals surface area contributed by atoms with E-state index in [9.17, 15) is 14.4 Å². The van der Waals surface area contributed by atoms with Crippen molar-refractivity contribution < 1.29 is 29.7 Å². The van der Waals surface area contributed by atoms with Crippen molar-refractivity contribution in [3.8, 4) is 0 Å². The number of carbonyl (C=O) groups is 3. The summed E-state index contributed by atoms with van der Waals surface area (Å²) in [5, 5.41) is 28.7. The highest BCUT2D eigenvalue weighted by molar-refractivity contribution is 5.86. The molecule has 0 radical (unpaired) electrons. The van der Waals surface area contributed by atoms with Crippen LogP contribution in [-0.2, 0) is 9.59 Å². The standard InChI is InChI=1S/C12H22N2O6/c1-3-8(4-2)14(5-6-15)12(20)13-9(11(18)19)7-10(16)17/h8-9,15H,3-7H2,1-2H3,(H,13,20)(H,16,17)(H,18,19). The number of nitrogens with one attached hydrogen (secondary N) is 1. The maximum absolute atomic E-state index is 12.0. The predicted molar refractivity (Wildman–Crippen MR) is 70.4 cm³/mol. The first kappa shape index (κ1) is 18.2. The van der Waals surface area contributed by atoms with Gasteiger partial charge in [0.1, 0.15) is 6.04 Å². The van der Waals surface area contributed by atoms with Crippen molar-refractivity contribution in [3.63, 3.8) is 0 Å². The summed E-state index contributed by atoms with van der Waals surface area (Å²) < 4.78 is 0. The summed E-state index contributed by atoms with van der Waals surface area (Å²) in [6.45, 7) is 3.56. The summed E-state index contributed by atoms with van der Waals surface area (Å²) in [6, 6.07) is -2.31. The molecule has 0 aliphatic heterocycles. The largest absolute Gasteiger partial charge is 0.481 e. The Bertz CT molecular complexity index is 343. The van der Waals surface area contributed by atoms with Crippen LogP contribution in [0.25, 0.3) is 0 Å². The summed E-state index contributed by atoms with van der Waals surface area (Å²) in [7, 11) is 0. The van der Waals surface area contributed by atoms with Gasteiger partial charge < -0.3 is 25.5 Å². The second kappa shape index (κ2) is 9.13. The fourth-order valence-electron chi connectivity index (χ4n) is 1.89. The maximum Gasteiger partial charge on any atom is 0.326 e. The van der Waals surface area contributed by atoms with Crippen LogP contribution in [-0.4, -0.2) is 63.4 Å². The molecule has 0 aromatic heterocycles. The van der Waals surface area contributed by atoms with E-state index in [1.807, 2.05) is 13.8 Å². The van der Waals surface area contributed by atoms with Gasteiger partial charge in [-0.2, -0.15) is 0 Å². The van der Waals surface area contributed by atoms with Crippen LogP contribution in [0.5, 0.6) is 0 Å². The number of aliphatic hydroxyl groups is 1. The number of rotatable bonds is 9. The van der Waals surface area contributed by atoms with E-state index in [0.29, 0.717) is 12.8 Å². The smallest absolute Gasteiger partial charge is 0.326 e. The number of aliphatic carboxylic acids is 2. The zero-order chi connectivity index (χ0) is 15.7. The molecule has 20 heavy (non-hydrogen) atoms. The Morgan fingerprint density at radius 3 is 2.05 bits per heavy atom. The third-order valence-electron chi connectivity index (χ3n) is 2.96.